The zero-order valence-electron chi connectivity index (χ0n) is 16.3. The van der Waals surface area contributed by atoms with Crippen LogP contribution in [-0.4, -0.2) is 46.7 Å². The van der Waals surface area contributed by atoms with E-state index in [1.807, 2.05) is 43.3 Å². The summed E-state index contributed by atoms with van der Waals surface area (Å²) in [7, 11) is 0. The SMILES string of the molecule is CCOCCNc1nc(N)nc2ccc(-c3ccc(C(=O)NC4CC4)cc3)nc12. The van der Waals surface area contributed by atoms with Crippen LogP contribution in [0.2, 0.25) is 0 Å². The second-order valence-electron chi connectivity index (χ2n) is 6.94. The van der Waals surface area contributed by atoms with Gasteiger partial charge in [0.05, 0.1) is 17.8 Å². The molecule has 2 aromatic heterocycles. The van der Waals surface area contributed by atoms with E-state index in [4.69, 9.17) is 15.5 Å². The third-order valence-electron chi connectivity index (χ3n) is 4.66. The number of benzene rings is 1. The Balaban J connectivity index is 1.58. The van der Waals surface area contributed by atoms with Crippen LogP contribution >= 0.6 is 0 Å². The number of nitrogens with zero attached hydrogens (tertiary/aromatic N) is 3. The maximum absolute atomic E-state index is 12.2. The normalized spacial score (nSPS) is 13.4. The van der Waals surface area contributed by atoms with Crippen LogP contribution < -0.4 is 16.4 Å². The Hall–Kier alpha value is -3.26. The van der Waals surface area contributed by atoms with Gasteiger partial charge in [-0.1, -0.05) is 12.1 Å². The van der Waals surface area contributed by atoms with Gasteiger partial charge in [0.2, 0.25) is 5.95 Å². The van der Waals surface area contributed by atoms with Gasteiger partial charge in [-0.2, -0.15) is 4.98 Å². The lowest BCUT2D eigenvalue weighted by Gasteiger charge is -2.10. The van der Waals surface area contributed by atoms with Crippen molar-refractivity contribution in [3.63, 3.8) is 0 Å². The first-order valence-corrected chi connectivity index (χ1v) is 9.81. The van der Waals surface area contributed by atoms with Crippen LogP contribution in [0.1, 0.15) is 30.1 Å². The number of amides is 1. The van der Waals surface area contributed by atoms with E-state index in [0.29, 0.717) is 48.2 Å². The quantitative estimate of drug-likeness (QED) is 0.505. The molecule has 1 aliphatic rings. The van der Waals surface area contributed by atoms with Crippen molar-refractivity contribution in [3.05, 3.63) is 42.0 Å². The lowest BCUT2D eigenvalue weighted by molar-refractivity contribution is 0.0951. The molecule has 0 aliphatic heterocycles. The average molecular weight is 392 g/mol. The van der Waals surface area contributed by atoms with Crippen molar-refractivity contribution in [2.24, 2.45) is 0 Å². The summed E-state index contributed by atoms with van der Waals surface area (Å²) in [6, 6.07) is 11.5. The molecule has 0 bridgehead atoms. The van der Waals surface area contributed by atoms with Gasteiger partial charge >= 0.3 is 0 Å². The number of rotatable bonds is 8. The molecule has 2 heterocycles. The molecule has 1 aromatic carbocycles. The standard InChI is InChI=1S/C21H24N6O2/c1-2-29-12-11-23-19-18-17(26-21(22)27-19)10-9-16(25-18)13-3-5-14(6-4-13)20(28)24-15-7-8-15/h3-6,9-10,15H,2,7-8,11-12H2,1H3,(H,24,28)(H3,22,23,26,27). The number of ether oxygens (including phenoxy) is 1. The first kappa shape index (κ1) is 19.1. The molecule has 0 radical (unpaired) electrons. The van der Waals surface area contributed by atoms with Gasteiger partial charge in [0.15, 0.2) is 5.82 Å². The minimum Gasteiger partial charge on any atom is -0.380 e. The smallest absolute Gasteiger partial charge is 0.251 e. The van der Waals surface area contributed by atoms with Gasteiger partial charge in [-0.3, -0.25) is 4.79 Å². The van der Waals surface area contributed by atoms with Crippen LogP contribution in [0.15, 0.2) is 36.4 Å². The third kappa shape index (κ3) is 4.60. The van der Waals surface area contributed by atoms with E-state index in [1.54, 1.807) is 0 Å². The molecule has 150 valence electrons. The fourth-order valence-corrected chi connectivity index (χ4v) is 2.99. The number of anilines is 2. The molecule has 0 atom stereocenters. The van der Waals surface area contributed by atoms with Crippen molar-refractivity contribution in [2.75, 3.05) is 30.8 Å². The minimum absolute atomic E-state index is 0.0322. The van der Waals surface area contributed by atoms with Gasteiger partial charge < -0.3 is 21.1 Å². The molecule has 29 heavy (non-hydrogen) atoms. The Morgan fingerprint density at radius 1 is 1.14 bits per heavy atom. The summed E-state index contributed by atoms with van der Waals surface area (Å²) < 4.78 is 5.36. The first-order chi connectivity index (χ1) is 14.1. The Kier molecular flexibility index (Phi) is 5.53. The first-order valence-electron chi connectivity index (χ1n) is 9.81. The van der Waals surface area contributed by atoms with E-state index < -0.39 is 0 Å². The fourth-order valence-electron chi connectivity index (χ4n) is 2.99. The summed E-state index contributed by atoms with van der Waals surface area (Å²) in [6.07, 6.45) is 2.14. The molecule has 4 N–H and O–H groups in total. The van der Waals surface area contributed by atoms with Gasteiger partial charge in [0.25, 0.3) is 5.91 Å². The Labute approximate surface area is 168 Å². The van der Waals surface area contributed by atoms with Crippen LogP contribution in [0.25, 0.3) is 22.3 Å². The number of carbonyl (C=O) groups excluding carboxylic acids is 1. The highest BCUT2D eigenvalue weighted by molar-refractivity contribution is 5.95. The lowest BCUT2D eigenvalue weighted by Crippen LogP contribution is -2.25. The number of hydrogen-bond acceptors (Lipinski definition) is 7. The maximum Gasteiger partial charge on any atom is 0.251 e. The van der Waals surface area contributed by atoms with Crippen LogP contribution in [0, 0.1) is 0 Å². The van der Waals surface area contributed by atoms with Crippen molar-refractivity contribution >= 4 is 28.7 Å². The number of carbonyl (C=O) groups is 1. The van der Waals surface area contributed by atoms with Crippen molar-refractivity contribution in [2.45, 2.75) is 25.8 Å². The molecule has 0 saturated heterocycles. The van der Waals surface area contributed by atoms with E-state index in [1.165, 1.54) is 0 Å². The predicted molar refractivity (Wildman–Crippen MR) is 113 cm³/mol. The molecule has 8 heteroatoms. The highest BCUT2D eigenvalue weighted by Gasteiger charge is 2.23. The van der Waals surface area contributed by atoms with E-state index in [0.717, 1.165) is 24.1 Å². The van der Waals surface area contributed by atoms with Crippen LogP contribution in [0.4, 0.5) is 11.8 Å². The van der Waals surface area contributed by atoms with E-state index in [2.05, 4.69) is 20.6 Å². The molecule has 1 aliphatic carbocycles. The molecule has 0 unspecified atom stereocenters. The fraction of sp³-hybridized carbons (Fsp3) is 0.333. The van der Waals surface area contributed by atoms with Gasteiger partial charge in [0.1, 0.15) is 5.52 Å². The van der Waals surface area contributed by atoms with Crippen molar-refractivity contribution in [1.29, 1.82) is 0 Å². The van der Waals surface area contributed by atoms with E-state index >= 15 is 0 Å². The van der Waals surface area contributed by atoms with E-state index in [9.17, 15) is 4.79 Å². The Morgan fingerprint density at radius 2 is 1.93 bits per heavy atom. The van der Waals surface area contributed by atoms with Gasteiger partial charge in [-0.25, -0.2) is 9.97 Å². The largest absolute Gasteiger partial charge is 0.380 e. The molecule has 1 saturated carbocycles. The molecule has 1 amide bonds. The second kappa shape index (κ2) is 8.40. The van der Waals surface area contributed by atoms with Crippen LogP contribution in [0.5, 0.6) is 0 Å². The molecule has 8 nitrogen and oxygen atoms in total. The number of fused-ring (bicyclic) bond motifs is 1. The summed E-state index contributed by atoms with van der Waals surface area (Å²) in [4.78, 5) is 25.5. The summed E-state index contributed by atoms with van der Waals surface area (Å²) >= 11 is 0. The second-order valence-corrected chi connectivity index (χ2v) is 6.94. The highest BCUT2D eigenvalue weighted by Crippen LogP contribution is 2.25. The van der Waals surface area contributed by atoms with Gasteiger partial charge in [-0.05, 0) is 44.0 Å². The maximum atomic E-state index is 12.2. The number of hydrogen-bond donors (Lipinski definition) is 3. The third-order valence-corrected chi connectivity index (χ3v) is 4.66. The van der Waals surface area contributed by atoms with Gasteiger partial charge in [-0.15, -0.1) is 0 Å². The zero-order chi connectivity index (χ0) is 20.2. The Morgan fingerprint density at radius 3 is 2.66 bits per heavy atom. The van der Waals surface area contributed by atoms with Crippen molar-refractivity contribution in [3.8, 4) is 11.3 Å². The van der Waals surface area contributed by atoms with Crippen molar-refractivity contribution in [1.82, 2.24) is 20.3 Å². The predicted octanol–water partition coefficient (Wildman–Crippen LogP) is 2.61. The molecule has 4 rings (SSSR count). The topological polar surface area (TPSA) is 115 Å². The van der Waals surface area contributed by atoms with Crippen molar-refractivity contribution < 1.29 is 9.53 Å². The number of nitrogen functional groups attached to an aromatic ring is 1. The Bertz CT molecular complexity index is 1020. The van der Waals surface area contributed by atoms with Gasteiger partial charge in [0, 0.05) is 30.3 Å². The number of nitrogens with two attached hydrogens (primary N) is 1. The molecule has 0 spiro atoms. The number of aromatic nitrogens is 3. The summed E-state index contributed by atoms with van der Waals surface area (Å²) in [5.41, 5.74) is 9.47. The summed E-state index contributed by atoms with van der Waals surface area (Å²) in [5.74, 6) is 0.738. The lowest BCUT2D eigenvalue weighted by atomic mass is 10.1. The highest BCUT2D eigenvalue weighted by atomic mass is 16.5. The monoisotopic (exact) mass is 392 g/mol. The molecule has 3 aromatic rings. The minimum atomic E-state index is -0.0322. The van der Waals surface area contributed by atoms with Crippen LogP contribution in [0.3, 0.4) is 0 Å². The van der Waals surface area contributed by atoms with E-state index in [-0.39, 0.29) is 11.9 Å². The zero-order valence-corrected chi connectivity index (χ0v) is 16.3. The van der Waals surface area contributed by atoms with Crippen LogP contribution in [-0.2, 0) is 4.74 Å². The summed E-state index contributed by atoms with van der Waals surface area (Å²) in [5, 5.41) is 6.21. The average Bonchev–Trinajstić information content (AvgIpc) is 3.55. The molecule has 1 fully saturated rings. The molecular formula is C21H24N6O2. The summed E-state index contributed by atoms with van der Waals surface area (Å²) in [6.45, 7) is 3.76. The number of nitrogens with one attached hydrogen (secondary N) is 2. The number of pyridine rings is 1. The molecular weight excluding hydrogens is 368 g/mol.